The number of aryl methyl sites for hydroxylation is 1. The summed E-state index contributed by atoms with van der Waals surface area (Å²) in [4.78, 5) is 23.6. The number of methoxy groups -OCH3 is 1. The molecule has 0 radical (unpaired) electrons. The number of hydrogen-bond donors (Lipinski definition) is 1. The number of ether oxygens (including phenoxy) is 1. The van der Waals surface area contributed by atoms with Crippen LogP contribution in [0.5, 0.6) is 0 Å². The maximum Gasteiger partial charge on any atom is 0.339 e. The van der Waals surface area contributed by atoms with Gasteiger partial charge in [0.05, 0.1) is 36.1 Å². The molecule has 1 aliphatic rings. The topological polar surface area (TPSA) is 72.3 Å². The fourth-order valence-electron chi connectivity index (χ4n) is 5.01. The van der Waals surface area contributed by atoms with Gasteiger partial charge in [0, 0.05) is 36.5 Å². The van der Waals surface area contributed by atoms with Gasteiger partial charge in [-0.15, -0.1) is 0 Å². The van der Waals surface area contributed by atoms with Crippen LogP contribution in [0.25, 0.3) is 5.69 Å². The van der Waals surface area contributed by atoms with Crippen molar-refractivity contribution in [1.82, 2.24) is 24.8 Å². The van der Waals surface area contributed by atoms with E-state index in [2.05, 4.69) is 37.7 Å². The van der Waals surface area contributed by atoms with Crippen molar-refractivity contribution in [1.29, 1.82) is 0 Å². The van der Waals surface area contributed by atoms with Crippen LogP contribution in [0.15, 0.2) is 79.3 Å². The van der Waals surface area contributed by atoms with E-state index < -0.39 is 0 Å². The highest BCUT2D eigenvalue weighted by Gasteiger charge is 2.41. The Kier molecular flexibility index (Phi) is 6.52. The van der Waals surface area contributed by atoms with E-state index in [0.29, 0.717) is 17.2 Å². The summed E-state index contributed by atoms with van der Waals surface area (Å²) in [6.45, 7) is 4.76. The summed E-state index contributed by atoms with van der Waals surface area (Å²) in [6.07, 6.45) is 5.39. The third-order valence-corrected chi connectivity index (χ3v) is 6.99. The van der Waals surface area contributed by atoms with E-state index in [1.165, 1.54) is 7.11 Å². The molecule has 1 aliphatic heterocycles. The third-order valence-electron chi connectivity index (χ3n) is 6.64. The highest BCUT2D eigenvalue weighted by atomic mass is 32.1. The highest BCUT2D eigenvalue weighted by molar-refractivity contribution is 7.80. The quantitative estimate of drug-likeness (QED) is 0.302. The zero-order valence-corrected chi connectivity index (χ0v) is 21.2. The molecule has 2 atom stereocenters. The lowest BCUT2D eigenvalue weighted by molar-refractivity contribution is 0.0600. The van der Waals surface area contributed by atoms with Gasteiger partial charge in [0.15, 0.2) is 5.11 Å². The molecule has 5 rings (SSSR count). The second-order valence-corrected chi connectivity index (χ2v) is 9.17. The molecule has 0 amide bonds. The molecule has 3 aromatic heterocycles. The first-order valence-electron chi connectivity index (χ1n) is 11.7. The zero-order chi connectivity index (χ0) is 25.2. The van der Waals surface area contributed by atoms with Gasteiger partial charge in [-0.05, 0) is 79.7 Å². The molecule has 4 heterocycles. The minimum absolute atomic E-state index is 0.106. The van der Waals surface area contributed by atoms with Crippen LogP contribution in [0.2, 0.25) is 0 Å². The highest BCUT2D eigenvalue weighted by Crippen LogP contribution is 2.42. The molecule has 36 heavy (non-hydrogen) atoms. The van der Waals surface area contributed by atoms with Gasteiger partial charge >= 0.3 is 5.97 Å². The van der Waals surface area contributed by atoms with Crippen molar-refractivity contribution in [2.24, 2.45) is 0 Å². The molecule has 1 aromatic carbocycles. The largest absolute Gasteiger partial charge is 0.465 e. The lowest BCUT2D eigenvalue weighted by atomic mass is 9.96. The Morgan fingerprint density at radius 2 is 1.81 bits per heavy atom. The number of benzene rings is 1. The summed E-state index contributed by atoms with van der Waals surface area (Å²) in [5, 5.41) is 4.19. The lowest BCUT2D eigenvalue weighted by Crippen LogP contribution is -2.29. The second-order valence-electron chi connectivity index (χ2n) is 8.78. The summed E-state index contributed by atoms with van der Waals surface area (Å²) in [7, 11) is 1.40. The molecule has 1 fully saturated rings. The Morgan fingerprint density at radius 1 is 1.06 bits per heavy atom. The predicted octanol–water partition coefficient (Wildman–Crippen LogP) is 4.84. The Hall–Kier alpha value is -4.04. The molecule has 7 nitrogen and oxygen atoms in total. The van der Waals surface area contributed by atoms with E-state index in [0.717, 1.165) is 33.9 Å². The number of carbonyl (C=O) groups excluding carboxylic acids is 1. The molecular formula is C28H27N5O2S. The minimum Gasteiger partial charge on any atom is -0.465 e. The van der Waals surface area contributed by atoms with E-state index in [4.69, 9.17) is 17.0 Å². The fourth-order valence-corrected chi connectivity index (χ4v) is 5.31. The van der Waals surface area contributed by atoms with Crippen LogP contribution >= 0.6 is 12.2 Å². The summed E-state index contributed by atoms with van der Waals surface area (Å²) >= 11 is 5.84. The van der Waals surface area contributed by atoms with Crippen molar-refractivity contribution in [2.75, 3.05) is 7.11 Å². The maximum absolute atomic E-state index is 12.5. The first-order chi connectivity index (χ1) is 17.5. The van der Waals surface area contributed by atoms with E-state index in [1.807, 2.05) is 55.5 Å². The Labute approximate surface area is 215 Å². The number of rotatable bonds is 6. The number of carbonyl (C=O) groups is 1. The summed E-state index contributed by atoms with van der Waals surface area (Å²) < 4.78 is 7.17. The normalized spacial score (nSPS) is 17.2. The van der Waals surface area contributed by atoms with Crippen LogP contribution in [-0.4, -0.2) is 37.6 Å². The van der Waals surface area contributed by atoms with Gasteiger partial charge in [0.1, 0.15) is 0 Å². The van der Waals surface area contributed by atoms with Crippen LogP contribution in [-0.2, 0) is 11.3 Å². The predicted molar refractivity (Wildman–Crippen MR) is 142 cm³/mol. The van der Waals surface area contributed by atoms with Crippen molar-refractivity contribution >= 4 is 23.3 Å². The Morgan fingerprint density at radius 3 is 2.53 bits per heavy atom. The number of nitrogens with zero attached hydrogens (tertiary/aromatic N) is 4. The molecule has 182 valence electrons. The molecule has 1 N–H and O–H groups in total. The average Bonchev–Trinajstić information content (AvgIpc) is 3.39. The first-order valence-corrected chi connectivity index (χ1v) is 12.1. The van der Waals surface area contributed by atoms with Crippen molar-refractivity contribution in [3.8, 4) is 5.69 Å². The van der Waals surface area contributed by atoms with E-state index in [1.54, 1.807) is 24.7 Å². The number of esters is 1. The number of thiocarbonyl (C=S) groups is 1. The fraction of sp³-hybridized carbons (Fsp3) is 0.214. The standard InChI is InChI=1S/C28H27N5O2S/c1-18-16-22(19(2)33(18)24-10-5-4-8-21(24)27(34)35-3)26-25(23-9-6-7-13-30-23)31-28(36)32(26)17-20-11-14-29-15-12-20/h4-16,25-26H,17H2,1-3H3,(H,31,36)/t25-,26-/m1/s1. The maximum atomic E-state index is 12.5. The molecule has 0 saturated carbocycles. The van der Waals surface area contributed by atoms with Crippen LogP contribution in [0.3, 0.4) is 0 Å². The van der Waals surface area contributed by atoms with Gasteiger partial charge in [0.2, 0.25) is 0 Å². The van der Waals surface area contributed by atoms with Crippen molar-refractivity contribution in [2.45, 2.75) is 32.5 Å². The van der Waals surface area contributed by atoms with Crippen LogP contribution < -0.4 is 5.32 Å². The van der Waals surface area contributed by atoms with Crippen molar-refractivity contribution in [3.05, 3.63) is 113 Å². The Balaban J connectivity index is 1.64. The van der Waals surface area contributed by atoms with E-state index in [9.17, 15) is 4.79 Å². The lowest BCUT2D eigenvalue weighted by Gasteiger charge is -2.28. The van der Waals surface area contributed by atoms with E-state index in [-0.39, 0.29) is 18.1 Å². The summed E-state index contributed by atoms with van der Waals surface area (Å²) in [5.74, 6) is -0.367. The smallest absolute Gasteiger partial charge is 0.339 e. The molecule has 4 aromatic rings. The first kappa shape index (κ1) is 23.7. The molecule has 0 bridgehead atoms. The monoisotopic (exact) mass is 497 g/mol. The van der Waals surface area contributed by atoms with Gasteiger partial charge in [-0.2, -0.15) is 0 Å². The SMILES string of the molecule is COC(=O)c1ccccc1-n1c(C)cc([C@@H]2[C@@H](c3ccccn3)NC(=S)N2Cc2ccncc2)c1C. The second kappa shape index (κ2) is 9.91. The number of pyridine rings is 2. The molecule has 0 spiro atoms. The zero-order valence-electron chi connectivity index (χ0n) is 20.4. The average molecular weight is 498 g/mol. The Bertz CT molecular complexity index is 1400. The molecule has 8 heteroatoms. The molecule has 0 unspecified atom stereocenters. The van der Waals surface area contributed by atoms with Crippen LogP contribution in [0.1, 0.15) is 50.7 Å². The van der Waals surface area contributed by atoms with Crippen molar-refractivity contribution in [3.63, 3.8) is 0 Å². The molecular weight excluding hydrogens is 470 g/mol. The van der Waals surface area contributed by atoms with Crippen LogP contribution in [0, 0.1) is 13.8 Å². The number of hydrogen-bond acceptors (Lipinski definition) is 5. The van der Waals surface area contributed by atoms with Crippen molar-refractivity contribution < 1.29 is 9.53 Å². The number of nitrogens with one attached hydrogen (secondary N) is 1. The summed E-state index contributed by atoms with van der Waals surface area (Å²) in [6, 6.07) is 19.4. The van der Waals surface area contributed by atoms with Gasteiger partial charge < -0.3 is 19.5 Å². The summed E-state index contributed by atoms with van der Waals surface area (Å²) in [5.41, 5.74) is 6.50. The van der Waals surface area contributed by atoms with Gasteiger partial charge in [-0.1, -0.05) is 18.2 Å². The third kappa shape index (κ3) is 4.24. The molecule has 0 aliphatic carbocycles. The number of para-hydroxylation sites is 1. The van der Waals surface area contributed by atoms with Gasteiger partial charge in [-0.25, -0.2) is 4.79 Å². The van der Waals surface area contributed by atoms with Gasteiger partial charge in [0.25, 0.3) is 0 Å². The van der Waals surface area contributed by atoms with Gasteiger partial charge in [-0.3, -0.25) is 9.97 Å². The number of aromatic nitrogens is 3. The van der Waals surface area contributed by atoms with Crippen LogP contribution in [0.4, 0.5) is 0 Å². The minimum atomic E-state index is -0.367. The van der Waals surface area contributed by atoms with E-state index >= 15 is 0 Å². The molecule has 1 saturated heterocycles.